The summed E-state index contributed by atoms with van der Waals surface area (Å²) in [6.07, 6.45) is 2.07. The Bertz CT molecular complexity index is 207. The monoisotopic (exact) mass is 246 g/mol. The van der Waals surface area contributed by atoms with Crippen LogP contribution in [0.15, 0.2) is 0 Å². The van der Waals surface area contributed by atoms with Crippen LogP contribution in [0.3, 0.4) is 0 Å². The maximum absolute atomic E-state index is 5.34. The Morgan fingerprint density at radius 2 is 2.00 bits per heavy atom. The van der Waals surface area contributed by atoms with Gasteiger partial charge in [-0.25, -0.2) is 0 Å². The number of hydrogen-bond donors (Lipinski definition) is 1. The van der Waals surface area contributed by atoms with E-state index in [0.717, 1.165) is 37.7 Å². The Balaban J connectivity index is 3.80. The molecular weight excluding hydrogens is 220 g/mol. The lowest BCUT2D eigenvalue weighted by Gasteiger charge is -2.36. The van der Waals surface area contributed by atoms with Crippen LogP contribution >= 0.6 is 12.2 Å². The smallest absolute Gasteiger partial charge is 0.169 e. The third-order valence-corrected chi connectivity index (χ3v) is 3.44. The largest absolute Gasteiger partial charge is 0.382 e. The average molecular weight is 246 g/mol. The fourth-order valence-electron chi connectivity index (χ4n) is 1.14. The first kappa shape index (κ1) is 15.7. The molecule has 96 valence electrons. The number of rotatable bonds is 7. The topological polar surface area (TPSA) is 24.5 Å². The van der Waals surface area contributed by atoms with Gasteiger partial charge in [0.25, 0.3) is 0 Å². The predicted octanol–water partition coefficient (Wildman–Crippen LogP) is 2.41. The standard InChI is InChI=1S/C12H26N2OS/c1-6-12(3,4)14(5)11(16)13-9-8-10-15-7-2/h6-10H2,1-5H3,(H,13,16). The average Bonchev–Trinajstić information content (AvgIpc) is 2.27. The second-order valence-electron chi connectivity index (χ2n) is 4.51. The van der Waals surface area contributed by atoms with Crippen LogP contribution in [0.4, 0.5) is 0 Å². The SMILES string of the molecule is CCOCCCNC(=S)N(C)C(C)(C)CC. The maximum Gasteiger partial charge on any atom is 0.169 e. The highest BCUT2D eigenvalue weighted by Gasteiger charge is 2.22. The van der Waals surface area contributed by atoms with Crippen LogP contribution in [-0.2, 0) is 4.74 Å². The fourth-order valence-corrected chi connectivity index (χ4v) is 1.49. The van der Waals surface area contributed by atoms with Crippen LogP contribution < -0.4 is 5.32 Å². The lowest BCUT2D eigenvalue weighted by Crippen LogP contribution is -2.49. The summed E-state index contributed by atoms with van der Waals surface area (Å²) in [5.74, 6) is 0. The first-order chi connectivity index (χ1) is 7.45. The van der Waals surface area contributed by atoms with Gasteiger partial charge in [0.05, 0.1) is 0 Å². The Hall–Kier alpha value is -0.350. The molecule has 0 saturated heterocycles. The van der Waals surface area contributed by atoms with Crippen molar-refractivity contribution in [2.24, 2.45) is 0 Å². The first-order valence-electron chi connectivity index (χ1n) is 6.05. The Morgan fingerprint density at radius 3 is 2.50 bits per heavy atom. The van der Waals surface area contributed by atoms with Crippen LogP contribution in [0.2, 0.25) is 0 Å². The molecule has 0 aromatic rings. The molecule has 3 nitrogen and oxygen atoms in total. The summed E-state index contributed by atoms with van der Waals surface area (Å²) in [5, 5.41) is 4.08. The zero-order chi connectivity index (χ0) is 12.6. The van der Waals surface area contributed by atoms with Crippen molar-refractivity contribution in [2.45, 2.75) is 46.1 Å². The van der Waals surface area contributed by atoms with Crippen LogP contribution in [0.25, 0.3) is 0 Å². The van der Waals surface area contributed by atoms with Crippen molar-refractivity contribution in [3.05, 3.63) is 0 Å². The molecule has 0 aliphatic carbocycles. The van der Waals surface area contributed by atoms with E-state index in [1.54, 1.807) is 0 Å². The molecule has 0 heterocycles. The second kappa shape index (κ2) is 7.85. The van der Waals surface area contributed by atoms with Crippen LogP contribution in [0, 0.1) is 0 Å². The molecule has 0 saturated carbocycles. The van der Waals surface area contributed by atoms with Crippen molar-refractivity contribution in [2.75, 3.05) is 26.8 Å². The zero-order valence-electron chi connectivity index (χ0n) is 11.3. The number of hydrogen-bond acceptors (Lipinski definition) is 2. The van der Waals surface area contributed by atoms with Crippen molar-refractivity contribution < 1.29 is 4.74 Å². The van der Waals surface area contributed by atoms with Gasteiger partial charge in [-0.15, -0.1) is 0 Å². The molecule has 0 spiro atoms. The molecule has 16 heavy (non-hydrogen) atoms. The summed E-state index contributed by atoms with van der Waals surface area (Å²) in [7, 11) is 2.04. The molecule has 0 aliphatic rings. The minimum absolute atomic E-state index is 0.115. The van der Waals surface area contributed by atoms with Gasteiger partial charge in [0.1, 0.15) is 0 Å². The molecular formula is C12H26N2OS. The van der Waals surface area contributed by atoms with E-state index in [2.05, 4.69) is 31.0 Å². The number of nitrogens with one attached hydrogen (secondary N) is 1. The van der Waals surface area contributed by atoms with E-state index in [1.807, 2.05) is 14.0 Å². The van der Waals surface area contributed by atoms with Gasteiger partial charge >= 0.3 is 0 Å². The lowest BCUT2D eigenvalue weighted by atomic mass is 10.0. The molecule has 0 amide bonds. The molecule has 0 rings (SSSR count). The van der Waals surface area contributed by atoms with Crippen LogP contribution in [0.1, 0.15) is 40.5 Å². The molecule has 0 fully saturated rings. The third-order valence-electron chi connectivity index (χ3n) is 3.02. The molecule has 4 heteroatoms. The van der Waals surface area contributed by atoms with Crippen molar-refractivity contribution in [1.29, 1.82) is 0 Å². The fraction of sp³-hybridized carbons (Fsp3) is 0.917. The predicted molar refractivity (Wildman–Crippen MR) is 73.8 cm³/mol. The highest BCUT2D eigenvalue weighted by molar-refractivity contribution is 7.80. The molecule has 0 unspecified atom stereocenters. The molecule has 0 bridgehead atoms. The molecule has 1 N–H and O–H groups in total. The van der Waals surface area contributed by atoms with E-state index in [4.69, 9.17) is 17.0 Å². The molecule has 0 atom stereocenters. The van der Waals surface area contributed by atoms with E-state index >= 15 is 0 Å². The van der Waals surface area contributed by atoms with Crippen LogP contribution in [-0.4, -0.2) is 42.4 Å². The first-order valence-corrected chi connectivity index (χ1v) is 6.46. The second-order valence-corrected chi connectivity index (χ2v) is 4.89. The summed E-state index contributed by atoms with van der Waals surface area (Å²) in [5.41, 5.74) is 0.115. The minimum Gasteiger partial charge on any atom is -0.382 e. The van der Waals surface area contributed by atoms with E-state index < -0.39 is 0 Å². The minimum atomic E-state index is 0.115. The van der Waals surface area contributed by atoms with Gasteiger partial charge in [-0.05, 0) is 45.8 Å². The molecule has 0 radical (unpaired) electrons. The van der Waals surface area contributed by atoms with E-state index in [9.17, 15) is 0 Å². The van der Waals surface area contributed by atoms with Gasteiger partial charge in [-0.1, -0.05) is 6.92 Å². The zero-order valence-corrected chi connectivity index (χ0v) is 12.1. The highest BCUT2D eigenvalue weighted by Crippen LogP contribution is 2.16. The molecule has 0 aromatic heterocycles. The van der Waals surface area contributed by atoms with E-state index in [-0.39, 0.29) is 5.54 Å². The van der Waals surface area contributed by atoms with Crippen molar-refractivity contribution in [3.63, 3.8) is 0 Å². The molecule has 0 aliphatic heterocycles. The van der Waals surface area contributed by atoms with Crippen molar-refractivity contribution in [1.82, 2.24) is 10.2 Å². The summed E-state index contributed by atoms with van der Waals surface area (Å²) in [4.78, 5) is 2.13. The number of nitrogens with zero attached hydrogens (tertiary/aromatic N) is 1. The summed E-state index contributed by atoms with van der Waals surface area (Å²) in [6.45, 7) is 11.0. The number of thiocarbonyl (C=S) groups is 1. The van der Waals surface area contributed by atoms with Gasteiger partial charge < -0.3 is 15.0 Å². The normalized spacial score (nSPS) is 11.3. The van der Waals surface area contributed by atoms with Gasteiger partial charge in [0.15, 0.2) is 5.11 Å². The Kier molecular flexibility index (Phi) is 7.68. The quantitative estimate of drug-likeness (QED) is 0.551. The van der Waals surface area contributed by atoms with Crippen LogP contribution in [0.5, 0.6) is 0 Å². The van der Waals surface area contributed by atoms with Gasteiger partial charge in [0.2, 0.25) is 0 Å². The van der Waals surface area contributed by atoms with Crippen molar-refractivity contribution >= 4 is 17.3 Å². The lowest BCUT2D eigenvalue weighted by molar-refractivity contribution is 0.145. The van der Waals surface area contributed by atoms with Gasteiger partial charge in [-0.3, -0.25) is 0 Å². The van der Waals surface area contributed by atoms with E-state index in [1.165, 1.54) is 0 Å². The van der Waals surface area contributed by atoms with Gasteiger partial charge in [0, 0.05) is 32.3 Å². The Labute approximate surface area is 106 Å². The summed E-state index contributed by atoms with van der Waals surface area (Å²) >= 11 is 5.34. The highest BCUT2D eigenvalue weighted by atomic mass is 32.1. The summed E-state index contributed by atoms with van der Waals surface area (Å²) in [6, 6.07) is 0. The number of ether oxygens (including phenoxy) is 1. The van der Waals surface area contributed by atoms with Gasteiger partial charge in [-0.2, -0.15) is 0 Å². The molecule has 0 aromatic carbocycles. The third kappa shape index (κ3) is 5.66. The van der Waals surface area contributed by atoms with E-state index in [0.29, 0.717) is 0 Å². The maximum atomic E-state index is 5.34. The summed E-state index contributed by atoms with van der Waals surface area (Å²) < 4.78 is 5.27. The Morgan fingerprint density at radius 1 is 1.38 bits per heavy atom. The van der Waals surface area contributed by atoms with Crippen molar-refractivity contribution in [3.8, 4) is 0 Å².